The molecule has 0 saturated heterocycles. The average molecular weight is 309 g/mol. The van der Waals surface area contributed by atoms with E-state index in [0.29, 0.717) is 0 Å². The molecular weight excluding hydrogens is 278 g/mol. The molecule has 0 N–H and O–H groups in total. The summed E-state index contributed by atoms with van der Waals surface area (Å²) in [6.45, 7) is 22.7. The Hall–Kier alpha value is -1.89. The van der Waals surface area contributed by atoms with Gasteiger partial charge < -0.3 is 0 Å². The minimum absolute atomic E-state index is 0.871. The maximum absolute atomic E-state index is 4.68. The first-order valence-corrected chi connectivity index (χ1v) is 8.39. The molecule has 0 bridgehead atoms. The number of rotatable bonds is 8. The van der Waals surface area contributed by atoms with Crippen molar-refractivity contribution in [3.05, 3.63) is 65.4 Å². The van der Waals surface area contributed by atoms with Gasteiger partial charge in [-0.05, 0) is 69.2 Å². The van der Waals surface area contributed by atoms with E-state index in [1.54, 1.807) is 0 Å². The number of nitrogens with zero attached hydrogens (tertiary/aromatic N) is 1. The molecule has 0 aliphatic rings. The van der Waals surface area contributed by atoms with Gasteiger partial charge in [0.25, 0.3) is 0 Å². The van der Waals surface area contributed by atoms with Crippen LogP contribution in [0, 0.1) is 6.92 Å². The Morgan fingerprint density at radius 3 is 2.22 bits per heavy atom. The van der Waals surface area contributed by atoms with Crippen molar-refractivity contribution in [1.29, 1.82) is 0 Å². The van der Waals surface area contributed by atoms with Gasteiger partial charge in [0.2, 0.25) is 0 Å². The summed E-state index contributed by atoms with van der Waals surface area (Å²) < 4.78 is 0. The first-order chi connectivity index (χ1) is 10.8. The molecule has 1 heteroatoms. The molecule has 0 saturated carbocycles. The Morgan fingerprint density at radius 1 is 1.04 bits per heavy atom. The molecule has 0 spiro atoms. The van der Waals surface area contributed by atoms with Crippen LogP contribution < -0.4 is 0 Å². The molecule has 0 aliphatic carbocycles. The van der Waals surface area contributed by atoms with Gasteiger partial charge in [-0.1, -0.05) is 43.4 Å². The molecule has 0 radical (unpaired) electrons. The third-order valence-electron chi connectivity index (χ3n) is 4.03. The van der Waals surface area contributed by atoms with Crippen LogP contribution in [0.2, 0.25) is 0 Å². The molecule has 0 atom stereocenters. The molecule has 124 valence electrons. The third-order valence-corrected chi connectivity index (χ3v) is 4.03. The fraction of sp³-hybridized carbons (Fsp3) is 0.409. The molecule has 1 aromatic rings. The van der Waals surface area contributed by atoms with Crippen LogP contribution in [0.5, 0.6) is 0 Å². The van der Waals surface area contributed by atoms with Crippen LogP contribution in [0.25, 0.3) is 5.57 Å². The summed E-state index contributed by atoms with van der Waals surface area (Å²) in [5.74, 6) is 0. The van der Waals surface area contributed by atoms with Crippen molar-refractivity contribution in [2.45, 2.75) is 60.3 Å². The molecule has 1 rings (SSSR count). The minimum Gasteiger partial charge on any atom is -0.263 e. The SMILES string of the molecule is C=C(C)CCC(=C)/N=C(\C)Cc1ccc(C)c(C(=C)C)c1CC. The predicted molar refractivity (Wildman–Crippen MR) is 105 cm³/mol. The van der Waals surface area contributed by atoms with Gasteiger partial charge in [-0.25, -0.2) is 0 Å². The second-order valence-corrected chi connectivity index (χ2v) is 6.58. The van der Waals surface area contributed by atoms with E-state index in [0.717, 1.165) is 42.7 Å². The molecule has 1 aromatic carbocycles. The topological polar surface area (TPSA) is 12.4 Å². The Kier molecular flexibility index (Phi) is 7.22. The normalized spacial score (nSPS) is 11.4. The Morgan fingerprint density at radius 2 is 1.70 bits per heavy atom. The summed E-state index contributed by atoms with van der Waals surface area (Å²) in [6, 6.07) is 4.43. The molecule has 0 amide bonds. The van der Waals surface area contributed by atoms with Crippen LogP contribution in [-0.4, -0.2) is 5.71 Å². The monoisotopic (exact) mass is 309 g/mol. The van der Waals surface area contributed by atoms with Crippen molar-refractivity contribution in [1.82, 2.24) is 0 Å². The highest BCUT2D eigenvalue weighted by Gasteiger charge is 2.11. The zero-order valence-electron chi connectivity index (χ0n) is 15.6. The van der Waals surface area contributed by atoms with Crippen molar-refractivity contribution in [3.8, 4) is 0 Å². The zero-order valence-corrected chi connectivity index (χ0v) is 15.6. The van der Waals surface area contributed by atoms with E-state index >= 15 is 0 Å². The van der Waals surface area contributed by atoms with Crippen molar-refractivity contribution in [2.24, 2.45) is 4.99 Å². The van der Waals surface area contributed by atoms with E-state index in [1.165, 1.54) is 27.8 Å². The zero-order chi connectivity index (χ0) is 17.6. The van der Waals surface area contributed by atoms with Gasteiger partial charge in [0.05, 0.1) is 0 Å². The first-order valence-electron chi connectivity index (χ1n) is 8.39. The maximum Gasteiger partial charge on any atom is 0.0334 e. The lowest BCUT2D eigenvalue weighted by molar-refractivity contribution is 0.917. The fourth-order valence-corrected chi connectivity index (χ4v) is 2.97. The van der Waals surface area contributed by atoms with Gasteiger partial charge in [0.1, 0.15) is 0 Å². The molecule has 0 heterocycles. The van der Waals surface area contributed by atoms with Gasteiger partial charge in [0, 0.05) is 17.8 Å². The summed E-state index contributed by atoms with van der Waals surface area (Å²) in [4.78, 5) is 4.68. The lowest BCUT2D eigenvalue weighted by atomic mass is 9.89. The largest absolute Gasteiger partial charge is 0.263 e. The predicted octanol–water partition coefficient (Wildman–Crippen LogP) is 6.46. The van der Waals surface area contributed by atoms with Crippen LogP contribution >= 0.6 is 0 Å². The lowest BCUT2D eigenvalue weighted by Crippen LogP contribution is -2.05. The molecule has 23 heavy (non-hydrogen) atoms. The third kappa shape index (κ3) is 5.67. The quantitative estimate of drug-likeness (QED) is 0.386. The van der Waals surface area contributed by atoms with Crippen LogP contribution in [0.15, 0.2) is 48.1 Å². The van der Waals surface area contributed by atoms with Crippen molar-refractivity contribution < 1.29 is 0 Å². The van der Waals surface area contributed by atoms with E-state index in [1.807, 2.05) is 6.92 Å². The van der Waals surface area contributed by atoms with Crippen molar-refractivity contribution >= 4 is 11.3 Å². The second kappa shape index (κ2) is 8.67. The van der Waals surface area contributed by atoms with Crippen LogP contribution in [0.4, 0.5) is 0 Å². The first kappa shape index (κ1) is 19.2. The Balaban J connectivity index is 3.00. The van der Waals surface area contributed by atoms with Gasteiger partial charge in [-0.3, -0.25) is 4.99 Å². The molecule has 0 aliphatic heterocycles. The second-order valence-electron chi connectivity index (χ2n) is 6.58. The number of hydrogen-bond acceptors (Lipinski definition) is 1. The van der Waals surface area contributed by atoms with Crippen molar-refractivity contribution in [2.75, 3.05) is 0 Å². The highest BCUT2D eigenvalue weighted by Crippen LogP contribution is 2.26. The summed E-state index contributed by atoms with van der Waals surface area (Å²) in [7, 11) is 0. The number of hydrogen-bond donors (Lipinski definition) is 0. The molecule has 0 fully saturated rings. The van der Waals surface area contributed by atoms with Gasteiger partial charge >= 0.3 is 0 Å². The fourth-order valence-electron chi connectivity index (χ4n) is 2.97. The van der Waals surface area contributed by atoms with Gasteiger partial charge in [-0.2, -0.15) is 0 Å². The molecule has 0 unspecified atom stereocenters. The van der Waals surface area contributed by atoms with E-state index < -0.39 is 0 Å². The van der Waals surface area contributed by atoms with Crippen LogP contribution in [0.3, 0.4) is 0 Å². The highest BCUT2D eigenvalue weighted by molar-refractivity contribution is 5.86. The summed E-state index contributed by atoms with van der Waals surface area (Å²) >= 11 is 0. The number of allylic oxidation sites excluding steroid dienone is 3. The van der Waals surface area contributed by atoms with E-state index in [-0.39, 0.29) is 0 Å². The molecular formula is C22H31N. The highest BCUT2D eigenvalue weighted by atomic mass is 14.7. The van der Waals surface area contributed by atoms with Gasteiger partial charge in [-0.15, -0.1) is 6.58 Å². The molecule has 1 nitrogen and oxygen atoms in total. The summed E-state index contributed by atoms with van der Waals surface area (Å²) in [6.07, 6.45) is 3.73. The van der Waals surface area contributed by atoms with E-state index in [2.05, 4.69) is 64.6 Å². The van der Waals surface area contributed by atoms with Crippen molar-refractivity contribution in [3.63, 3.8) is 0 Å². The lowest BCUT2D eigenvalue weighted by Gasteiger charge is -2.16. The smallest absolute Gasteiger partial charge is 0.0334 e. The van der Waals surface area contributed by atoms with E-state index in [9.17, 15) is 0 Å². The maximum atomic E-state index is 4.68. The van der Waals surface area contributed by atoms with Crippen LogP contribution in [-0.2, 0) is 12.8 Å². The number of aryl methyl sites for hydroxylation is 1. The number of benzene rings is 1. The number of aliphatic imine (C=N–C) groups is 1. The summed E-state index contributed by atoms with van der Waals surface area (Å²) in [5.41, 5.74) is 9.75. The standard InChI is InChI=1S/C22H31N/c1-9-21-20(13-11-17(6)22(21)16(4)5)14-19(8)23-18(7)12-10-15(2)3/h11,13H,2,4,7,9-10,12,14H2,1,3,5-6,8H3/b23-19+. The minimum atomic E-state index is 0.871. The van der Waals surface area contributed by atoms with Gasteiger partial charge in [0.15, 0.2) is 0 Å². The Bertz CT molecular complexity index is 644. The van der Waals surface area contributed by atoms with E-state index in [4.69, 9.17) is 0 Å². The van der Waals surface area contributed by atoms with Crippen LogP contribution in [0.1, 0.15) is 62.8 Å². The molecule has 0 aromatic heterocycles. The average Bonchev–Trinajstić information content (AvgIpc) is 2.45. The Labute approximate surface area is 142 Å². The summed E-state index contributed by atoms with van der Waals surface area (Å²) in [5, 5.41) is 0.